The van der Waals surface area contributed by atoms with Crippen LogP contribution in [0.1, 0.15) is 25.3 Å². The summed E-state index contributed by atoms with van der Waals surface area (Å²) in [5.74, 6) is 0.787. The molecule has 16 heavy (non-hydrogen) atoms. The van der Waals surface area contributed by atoms with Gasteiger partial charge in [-0.15, -0.1) is 11.8 Å². The van der Waals surface area contributed by atoms with Gasteiger partial charge in [0.15, 0.2) is 5.75 Å². The lowest BCUT2D eigenvalue weighted by Gasteiger charge is -2.27. The average Bonchev–Trinajstić information content (AvgIpc) is 2.27. The van der Waals surface area contributed by atoms with Crippen molar-refractivity contribution in [3.05, 3.63) is 11.6 Å². The van der Waals surface area contributed by atoms with Crippen LogP contribution in [0.2, 0.25) is 0 Å². The zero-order chi connectivity index (χ0) is 11.7. The minimum absolute atomic E-state index is 0.502. The molecule has 0 aliphatic carbocycles. The molecule has 0 saturated heterocycles. The molecule has 2 rings (SSSR count). The number of aryl methyl sites for hydroxylation is 1. The Morgan fingerprint density at radius 3 is 2.94 bits per heavy atom. The van der Waals surface area contributed by atoms with E-state index in [1.807, 2.05) is 13.0 Å². The first-order valence-electron chi connectivity index (χ1n) is 5.61. The molecule has 0 radical (unpaired) electrons. The number of anilines is 2. The van der Waals surface area contributed by atoms with Crippen molar-refractivity contribution in [3.63, 3.8) is 0 Å². The van der Waals surface area contributed by atoms with Crippen molar-refractivity contribution in [2.24, 2.45) is 0 Å². The van der Waals surface area contributed by atoms with Crippen LogP contribution in [0.25, 0.3) is 0 Å². The number of fused-ring (bicyclic) bond motifs is 1. The SMILES string of the molecule is CCCC1COc2c(N)c(C)cc(N)c2S1. The Morgan fingerprint density at radius 1 is 1.50 bits per heavy atom. The van der Waals surface area contributed by atoms with Crippen LogP contribution in [0.5, 0.6) is 5.75 Å². The second-order valence-electron chi connectivity index (χ2n) is 4.19. The van der Waals surface area contributed by atoms with E-state index in [1.54, 1.807) is 11.8 Å². The molecule has 1 atom stereocenters. The summed E-state index contributed by atoms with van der Waals surface area (Å²) >= 11 is 1.80. The van der Waals surface area contributed by atoms with Crippen molar-refractivity contribution in [1.82, 2.24) is 0 Å². The van der Waals surface area contributed by atoms with Crippen LogP contribution in [0, 0.1) is 6.92 Å². The van der Waals surface area contributed by atoms with E-state index in [1.165, 1.54) is 0 Å². The van der Waals surface area contributed by atoms with E-state index in [4.69, 9.17) is 16.2 Å². The van der Waals surface area contributed by atoms with Crippen LogP contribution in [-0.2, 0) is 0 Å². The molecule has 1 unspecified atom stereocenters. The van der Waals surface area contributed by atoms with Crippen molar-refractivity contribution in [1.29, 1.82) is 0 Å². The fraction of sp³-hybridized carbons (Fsp3) is 0.500. The lowest BCUT2D eigenvalue weighted by Crippen LogP contribution is -2.20. The normalized spacial score (nSPS) is 19.0. The molecular weight excluding hydrogens is 220 g/mol. The molecule has 4 heteroatoms. The molecular formula is C12H18N2OS. The molecule has 1 aliphatic heterocycles. The van der Waals surface area contributed by atoms with Crippen LogP contribution in [-0.4, -0.2) is 11.9 Å². The highest BCUT2D eigenvalue weighted by atomic mass is 32.2. The molecule has 1 aromatic carbocycles. The lowest BCUT2D eigenvalue weighted by molar-refractivity contribution is 0.299. The largest absolute Gasteiger partial charge is 0.489 e. The van der Waals surface area contributed by atoms with Gasteiger partial charge in [0.25, 0.3) is 0 Å². The highest BCUT2D eigenvalue weighted by molar-refractivity contribution is 8.00. The molecule has 0 amide bonds. The highest BCUT2D eigenvalue weighted by Crippen LogP contribution is 2.46. The second-order valence-corrected chi connectivity index (χ2v) is 5.50. The fourth-order valence-corrected chi connectivity index (χ4v) is 3.21. The van der Waals surface area contributed by atoms with E-state index < -0.39 is 0 Å². The number of nitrogen functional groups attached to an aromatic ring is 2. The molecule has 1 aromatic rings. The molecule has 0 bridgehead atoms. The third-order valence-electron chi connectivity index (χ3n) is 2.82. The zero-order valence-corrected chi connectivity index (χ0v) is 10.6. The summed E-state index contributed by atoms with van der Waals surface area (Å²) in [7, 11) is 0. The minimum Gasteiger partial charge on any atom is -0.489 e. The maximum atomic E-state index is 6.01. The monoisotopic (exact) mass is 238 g/mol. The van der Waals surface area contributed by atoms with E-state index in [9.17, 15) is 0 Å². The van der Waals surface area contributed by atoms with Gasteiger partial charge in [-0.05, 0) is 25.0 Å². The number of benzene rings is 1. The molecule has 0 saturated carbocycles. The maximum absolute atomic E-state index is 6.01. The minimum atomic E-state index is 0.502. The molecule has 1 aliphatic rings. The zero-order valence-electron chi connectivity index (χ0n) is 9.75. The van der Waals surface area contributed by atoms with Crippen molar-refractivity contribution in [2.75, 3.05) is 18.1 Å². The van der Waals surface area contributed by atoms with Gasteiger partial charge in [-0.2, -0.15) is 0 Å². The van der Waals surface area contributed by atoms with Crippen LogP contribution < -0.4 is 16.2 Å². The van der Waals surface area contributed by atoms with Crippen LogP contribution in [0.3, 0.4) is 0 Å². The number of thioether (sulfide) groups is 1. The topological polar surface area (TPSA) is 61.3 Å². The van der Waals surface area contributed by atoms with Gasteiger partial charge < -0.3 is 16.2 Å². The molecule has 0 fully saturated rings. The van der Waals surface area contributed by atoms with Crippen molar-refractivity contribution < 1.29 is 4.74 Å². The number of nitrogens with two attached hydrogens (primary N) is 2. The van der Waals surface area contributed by atoms with E-state index in [-0.39, 0.29) is 0 Å². The molecule has 0 spiro atoms. The van der Waals surface area contributed by atoms with E-state index in [2.05, 4.69) is 6.92 Å². The summed E-state index contributed by atoms with van der Waals surface area (Å²) in [5.41, 5.74) is 14.5. The molecule has 4 N–H and O–H groups in total. The number of ether oxygens (including phenoxy) is 1. The predicted octanol–water partition coefficient (Wildman–Crippen LogP) is 2.81. The van der Waals surface area contributed by atoms with Crippen molar-refractivity contribution in [2.45, 2.75) is 36.8 Å². The Morgan fingerprint density at radius 2 is 2.25 bits per heavy atom. The molecule has 1 heterocycles. The number of hydrogen-bond donors (Lipinski definition) is 2. The summed E-state index contributed by atoms with van der Waals surface area (Å²) in [6, 6.07) is 1.93. The summed E-state index contributed by atoms with van der Waals surface area (Å²) < 4.78 is 5.76. The van der Waals surface area contributed by atoms with Gasteiger partial charge in [0.2, 0.25) is 0 Å². The van der Waals surface area contributed by atoms with Crippen molar-refractivity contribution >= 4 is 23.1 Å². The third-order valence-corrected chi connectivity index (χ3v) is 4.18. The van der Waals surface area contributed by atoms with Gasteiger partial charge in [-0.3, -0.25) is 0 Å². The quantitative estimate of drug-likeness (QED) is 0.778. The van der Waals surface area contributed by atoms with E-state index >= 15 is 0 Å². The van der Waals surface area contributed by atoms with Gasteiger partial charge in [0, 0.05) is 10.9 Å². The highest BCUT2D eigenvalue weighted by Gasteiger charge is 2.24. The van der Waals surface area contributed by atoms with E-state index in [0.29, 0.717) is 5.25 Å². The lowest BCUT2D eigenvalue weighted by atomic mass is 10.1. The second kappa shape index (κ2) is 4.45. The number of rotatable bonds is 2. The Balaban J connectivity index is 2.35. The molecule has 0 aromatic heterocycles. The van der Waals surface area contributed by atoms with Gasteiger partial charge in [0.1, 0.15) is 6.61 Å². The molecule has 88 valence electrons. The van der Waals surface area contributed by atoms with Crippen molar-refractivity contribution in [3.8, 4) is 5.75 Å². The summed E-state index contributed by atoms with van der Waals surface area (Å²) in [5, 5.41) is 0.502. The first-order chi connectivity index (χ1) is 7.63. The Kier molecular flexibility index (Phi) is 3.19. The smallest absolute Gasteiger partial charge is 0.158 e. The van der Waals surface area contributed by atoms with E-state index in [0.717, 1.165) is 47.0 Å². The standard InChI is InChI=1S/C12H18N2OS/c1-3-4-8-6-15-11-10(14)7(2)5-9(13)12(11)16-8/h5,8H,3-4,6,13-14H2,1-2H3. The van der Waals surface area contributed by atoms with Gasteiger partial charge in [0.05, 0.1) is 10.6 Å². The van der Waals surface area contributed by atoms with Crippen LogP contribution in [0.15, 0.2) is 11.0 Å². The van der Waals surface area contributed by atoms with Crippen LogP contribution >= 0.6 is 11.8 Å². The fourth-order valence-electron chi connectivity index (χ4n) is 1.92. The van der Waals surface area contributed by atoms with Gasteiger partial charge in [-0.1, -0.05) is 13.3 Å². The average molecular weight is 238 g/mol. The Bertz CT molecular complexity index is 406. The van der Waals surface area contributed by atoms with Crippen LogP contribution in [0.4, 0.5) is 11.4 Å². The maximum Gasteiger partial charge on any atom is 0.158 e. The molecule has 3 nitrogen and oxygen atoms in total. The Labute approximate surface area is 101 Å². The summed E-state index contributed by atoms with van der Waals surface area (Å²) in [6.45, 7) is 4.87. The third kappa shape index (κ3) is 1.94. The Hall–Kier alpha value is -1.03. The first-order valence-corrected chi connectivity index (χ1v) is 6.49. The first kappa shape index (κ1) is 11.5. The number of hydrogen-bond acceptors (Lipinski definition) is 4. The summed E-state index contributed by atoms with van der Waals surface area (Å²) in [6.07, 6.45) is 2.31. The predicted molar refractivity (Wildman–Crippen MR) is 70.1 cm³/mol. The summed E-state index contributed by atoms with van der Waals surface area (Å²) in [4.78, 5) is 1.02. The van der Waals surface area contributed by atoms with Gasteiger partial charge >= 0.3 is 0 Å². The van der Waals surface area contributed by atoms with Gasteiger partial charge in [-0.25, -0.2) is 0 Å².